The average Bonchev–Trinajstić information content (AvgIpc) is 2.76. The average molecular weight is 351 g/mol. The normalized spacial score (nSPS) is 20.6. The number of rotatable bonds is 6. The van der Waals surface area contributed by atoms with E-state index in [-0.39, 0.29) is 12.3 Å². The fourth-order valence-corrected chi connectivity index (χ4v) is 2.51. The molecule has 8 heteroatoms. The molecule has 25 heavy (non-hydrogen) atoms. The smallest absolute Gasteiger partial charge is 0.387 e. The van der Waals surface area contributed by atoms with Gasteiger partial charge in [-0.05, 0) is 44.9 Å². The van der Waals surface area contributed by atoms with E-state index in [0.29, 0.717) is 12.0 Å². The fourth-order valence-electron chi connectivity index (χ4n) is 2.51. The van der Waals surface area contributed by atoms with Crippen LogP contribution in [0.3, 0.4) is 0 Å². The van der Waals surface area contributed by atoms with Crippen LogP contribution in [0, 0.1) is 16.7 Å². The zero-order valence-electron chi connectivity index (χ0n) is 14.2. The van der Waals surface area contributed by atoms with Crippen LogP contribution in [0.4, 0.5) is 13.6 Å². The molecule has 1 unspecified atom stereocenters. The lowest BCUT2D eigenvalue weighted by atomic mass is 9.90. The molecule has 1 N–H and O–H groups in total. The largest absolute Gasteiger partial charge is 0.435 e. The van der Waals surface area contributed by atoms with E-state index in [1.165, 1.54) is 24.3 Å². The summed E-state index contributed by atoms with van der Waals surface area (Å²) in [6.45, 7) is 2.19. The van der Waals surface area contributed by atoms with Crippen LogP contribution in [-0.2, 0) is 10.3 Å². The summed E-state index contributed by atoms with van der Waals surface area (Å²) in [6, 6.07) is 7.12. The van der Waals surface area contributed by atoms with Crippen LogP contribution in [0.25, 0.3) is 0 Å². The standard InChI is InChI=1S/C17H19F2N3O3/c1-16(2,10-20)8-9-22-13(23)17(3,21-15(22)24)11-4-6-12(7-5-11)25-14(18)19/h4-7,14H,8-9H2,1-3H3,(H,21,24). The zero-order valence-corrected chi connectivity index (χ0v) is 14.2. The molecule has 0 bridgehead atoms. The van der Waals surface area contributed by atoms with Gasteiger partial charge in [-0.3, -0.25) is 9.69 Å². The number of hydrogen-bond donors (Lipinski definition) is 1. The van der Waals surface area contributed by atoms with Crippen LogP contribution in [0.2, 0.25) is 0 Å². The molecular weight excluding hydrogens is 332 g/mol. The SMILES string of the molecule is CC(C)(C#N)CCN1C(=O)NC(C)(c2ccc(OC(F)F)cc2)C1=O. The fraction of sp³-hybridized carbons (Fsp3) is 0.471. The highest BCUT2D eigenvalue weighted by Crippen LogP contribution is 2.31. The predicted molar refractivity (Wildman–Crippen MR) is 84.7 cm³/mol. The number of nitrogens with one attached hydrogen (secondary N) is 1. The van der Waals surface area contributed by atoms with Crippen molar-refractivity contribution in [1.29, 1.82) is 5.26 Å². The van der Waals surface area contributed by atoms with Crippen LogP contribution in [0.1, 0.15) is 32.8 Å². The monoisotopic (exact) mass is 351 g/mol. The highest BCUT2D eigenvalue weighted by atomic mass is 19.3. The molecule has 1 saturated heterocycles. The summed E-state index contributed by atoms with van der Waals surface area (Å²) >= 11 is 0. The Kier molecular flexibility index (Phi) is 4.97. The second-order valence-corrected chi connectivity index (χ2v) is 6.66. The van der Waals surface area contributed by atoms with Gasteiger partial charge in [-0.25, -0.2) is 4.79 Å². The molecule has 1 heterocycles. The van der Waals surface area contributed by atoms with Gasteiger partial charge < -0.3 is 10.1 Å². The molecule has 1 fully saturated rings. The van der Waals surface area contributed by atoms with Crippen LogP contribution in [0.15, 0.2) is 24.3 Å². The molecule has 1 aliphatic heterocycles. The first-order chi connectivity index (χ1) is 11.6. The molecule has 134 valence electrons. The number of benzene rings is 1. The van der Waals surface area contributed by atoms with Crippen molar-refractivity contribution >= 4 is 11.9 Å². The lowest BCUT2D eigenvalue weighted by molar-refractivity contribution is -0.131. The molecule has 2 rings (SSSR count). The maximum atomic E-state index is 12.7. The van der Waals surface area contributed by atoms with Crippen molar-refractivity contribution in [2.24, 2.45) is 5.41 Å². The molecule has 0 aromatic heterocycles. The van der Waals surface area contributed by atoms with Gasteiger partial charge in [-0.15, -0.1) is 0 Å². The van der Waals surface area contributed by atoms with Gasteiger partial charge in [0.1, 0.15) is 11.3 Å². The first kappa shape index (κ1) is 18.6. The highest BCUT2D eigenvalue weighted by molar-refractivity contribution is 6.07. The molecule has 6 nitrogen and oxygen atoms in total. The van der Waals surface area contributed by atoms with Crippen LogP contribution >= 0.6 is 0 Å². The quantitative estimate of drug-likeness (QED) is 0.799. The number of carbonyl (C=O) groups is 2. The maximum Gasteiger partial charge on any atom is 0.387 e. The summed E-state index contributed by atoms with van der Waals surface area (Å²) in [5.74, 6) is -0.486. The molecular formula is C17H19F2N3O3. The molecule has 3 amide bonds. The second kappa shape index (κ2) is 6.67. The van der Waals surface area contributed by atoms with Crippen LogP contribution < -0.4 is 10.1 Å². The van der Waals surface area contributed by atoms with Crippen LogP contribution in [-0.4, -0.2) is 30.0 Å². The van der Waals surface area contributed by atoms with Crippen molar-refractivity contribution < 1.29 is 23.1 Å². The van der Waals surface area contributed by atoms with Crippen LogP contribution in [0.5, 0.6) is 5.75 Å². The molecule has 1 aromatic rings. The van der Waals surface area contributed by atoms with E-state index in [1.807, 2.05) is 0 Å². The Hall–Kier alpha value is -2.69. The van der Waals surface area contributed by atoms with Crippen molar-refractivity contribution in [3.05, 3.63) is 29.8 Å². The Morgan fingerprint density at radius 2 is 1.92 bits per heavy atom. The van der Waals surface area contributed by atoms with Gasteiger partial charge >= 0.3 is 12.6 Å². The topological polar surface area (TPSA) is 82.4 Å². The molecule has 1 atom stereocenters. The highest BCUT2D eigenvalue weighted by Gasteiger charge is 2.49. The number of alkyl halides is 2. The number of amides is 3. The number of hydrogen-bond acceptors (Lipinski definition) is 4. The zero-order chi connectivity index (χ0) is 18.8. The lowest BCUT2D eigenvalue weighted by Gasteiger charge is -2.23. The summed E-state index contributed by atoms with van der Waals surface area (Å²) < 4.78 is 28.7. The minimum absolute atomic E-state index is 0.0354. The minimum Gasteiger partial charge on any atom is -0.435 e. The number of nitriles is 1. The molecule has 0 aliphatic carbocycles. The first-order valence-corrected chi connectivity index (χ1v) is 7.70. The number of nitrogens with zero attached hydrogens (tertiary/aromatic N) is 2. The van der Waals surface area contributed by atoms with E-state index in [0.717, 1.165) is 4.90 Å². The lowest BCUT2D eigenvalue weighted by Crippen LogP contribution is -2.41. The van der Waals surface area contributed by atoms with Gasteiger partial charge in [0.25, 0.3) is 5.91 Å². The van der Waals surface area contributed by atoms with Crippen molar-refractivity contribution in [3.63, 3.8) is 0 Å². The van der Waals surface area contributed by atoms with Crippen molar-refractivity contribution in [2.75, 3.05) is 6.54 Å². The number of urea groups is 1. The Labute approximate surface area is 144 Å². The second-order valence-electron chi connectivity index (χ2n) is 6.66. The van der Waals surface area contributed by atoms with Gasteiger partial charge in [-0.1, -0.05) is 12.1 Å². The minimum atomic E-state index is -2.94. The molecule has 1 aliphatic rings. The number of imide groups is 1. The van der Waals surface area contributed by atoms with Crippen molar-refractivity contribution in [3.8, 4) is 11.8 Å². The van der Waals surface area contributed by atoms with E-state index in [1.54, 1.807) is 20.8 Å². The van der Waals surface area contributed by atoms with Gasteiger partial charge in [0.15, 0.2) is 0 Å². The molecule has 1 aromatic carbocycles. The van der Waals surface area contributed by atoms with Crippen molar-refractivity contribution in [1.82, 2.24) is 10.2 Å². The Morgan fingerprint density at radius 3 is 2.44 bits per heavy atom. The third kappa shape index (κ3) is 3.87. The van der Waals surface area contributed by atoms with E-state index >= 15 is 0 Å². The third-order valence-corrected chi connectivity index (χ3v) is 4.19. The van der Waals surface area contributed by atoms with E-state index < -0.39 is 29.5 Å². The molecule has 0 saturated carbocycles. The number of ether oxygens (including phenoxy) is 1. The summed E-state index contributed by atoms with van der Waals surface area (Å²) in [5, 5.41) is 11.7. The maximum absolute atomic E-state index is 12.7. The third-order valence-electron chi connectivity index (χ3n) is 4.19. The Balaban J connectivity index is 2.17. The van der Waals surface area contributed by atoms with Gasteiger partial charge in [-0.2, -0.15) is 14.0 Å². The number of halogens is 2. The summed E-state index contributed by atoms with van der Waals surface area (Å²) in [7, 11) is 0. The van der Waals surface area contributed by atoms with E-state index in [9.17, 15) is 18.4 Å². The van der Waals surface area contributed by atoms with E-state index in [4.69, 9.17) is 5.26 Å². The molecule has 0 radical (unpaired) electrons. The molecule has 0 spiro atoms. The Bertz CT molecular complexity index is 713. The summed E-state index contributed by atoms with van der Waals surface area (Å²) in [5.41, 5.74) is -1.50. The summed E-state index contributed by atoms with van der Waals surface area (Å²) in [4.78, 5) is 26.0. The van der Waals surface area contributed by atoms with Gasteiger partial charge in [0, 0.05) is 6.54 Å². The van der Waals surface area contributed by atoms with E-state index in [2.05, 4.69) is 16.1 Å². The number of carbonyl (C=O) groups excluding carboxylic acids is 2. The van der Waals surface area contributed by atoms with Crippen molar-refractivity contribution in [2.45, 2.75) is 39.3 Å². The van der Waals surface area contributed by atoms with Gasteiger partial charge in [0.05, 0.1) is 11.5 Å². The predicted octanol–water partition coefficient (Wildman–Crippen LogP) is 2.99. The Morgan fingerprint density at radius 1 is 1.32 bits per heavy atom. The first-order valence-electron chi connectivity index (χ1n) is 7.70. The van der Waals surface area contributed by atoms with Gasteiger partial charge in [0.2, 0.25) is 0 Å². The summed E-state index contributed by atoms with van der Waals surface area (Å²) in [6.07, 6.45) is 0.347.